The van der Waals surface area contributed by atoms with Gasteiger partial charge in [-0.2, -0.15) is 0 Å². The van der Waals surface area contributed by atoms with Gasteiger partial charge in [0.05, 0.1) is 46.2 Å². The summed E-state index contributed by atoms with van der Waals surface area (Å²) in [6.07, 6.45) is 3.13. The topological polar surface area (TPSA) is 124 Å². The Hall–Kier alpha value is -3.46. The first-order valence-electron chi connectivity index (χ1n) is 13.7. The second-order valence-corrected chi connectivity index (χ2v) is 9.26. The van der Waals surface area contributed by atoms with Crippen LogP contribution >= 0.6 is 0 Å². The molecule has 10 nitrogen and oxygen atoms in total. The Bertz CT molecular complexity index is 1090. The molecule has 10 heteroatoms. The van der Waals surface area contributed by atoms with Crippen molar-refractivity contribution in [3.05, 3.63) is 63.5 Å². The highest BCUT2D eigenvalue weighted by atomic mass is 16.5. The highest BCUT2D eigenvalue weighted by molar-refractivity contribution is 5.77. The highest BCUT2D eigenvalue weighted by Gasteiger charge is 2.25. The molecule has 0 aliphatic heterocycles. The number of nitrogens with zero attached hydrogens (tertiary/aromatic N) is 3. The molecule has 0 aromatic heterocycles. The summed E-state index contributed by atoms with van der Waals surface area (Å²) in [5.74, 6) is 2.64. The van der Waals surface area contributed by atoms with Crippen molar-refractivity contribution in [1.29, 1.82) is 0 Å². The number of rotatable bonds is 19. The largest absolute Gasteiger partial charge is 0.493 e. The molecule has 3 rings (SSSR count). The molecule has 0 fully saturated rings. The van der Waals surface area contributed by atoms with Gasteiger partial charge in [0.15, 0.2) is 11.5 Å². The molecule has 2 aromatic carbocycles. The second kappa shape index (κ2) is 17.2. The molecule has 1 N–H and O–H groups in total. The van der Waals surface area contributed by atoms with E-state index in [2.05, 4.69) is 27.5 Å². The van der Waals surface area contributed by atoms with Crippen LogP contribution in [0, 0.1) is 6.92 Å². The van der Waals surface area contributed by atoms with Crippen molar-refractivity contribution in [2.45, 2.75) is 45.4 Å². The summed E-state index contributed by atoms with van der Waals surface area (Å²) in [7, 11) is 0. The number of carbonyl (C=O) groups is 1. The number of carbonyl (C=O) groups excluding carboxylic acids is 1. The van der Waals surface area contributed by atoms with Crippen LogP contribution in [-0.4, -0.2) is 65.2 Å². The molecular weight excluding hydrogens is 500 g/mol. The van der Waals surface area contributed by atoms with Gasteiger partial charge in [0.2, 0.25) is 5.91 Å². The maximum absolute atomic E-state index is 12.4. The molecule has 39 heavy (non-hydrogen) atoms. The fourth-order valence-electron chi connectivity index (χ4n) is 4.45. The Morgan fingerprint density at radius 1 is 1.00 bits per heavy atom. The number of aryl methyl sites for hydroxylation is 2. The van der Waals surface area contributed by atoms with E-state index in [4.69, 9.17) is 29.2 Å². The van der Waals surface area contributed by atoms with E-state index in [1.165, 1.54) is 11.1 Å². The fraction of sp³-hybridized carbons (Fsp3) is 0.552. The Labute approximate surface area is 230 Å². The highest BCUT2D eigenvalue weighted by Crippen LogP contribution is 2.37. The summed E-state index contributed by atoms with van der Waals surface area (Å²) >= 11 is 0. The smallest absolute Gasteiger partial charge is 0.220 e. The normalized spacial score (nSPS) is 13.8. The van der Waals surface area contributed by atoms with Gasteiger partial charge in [0.25, 0.3) is 0 Å². The van der Waals surface area contributed by atoms with Crippen molar-refractivity contribution in [3.63, 3.8) is 0 Å². The fourth-order valence-corrected chi connectivity index (χ4v) is 4.45. The number of azide groups is 1. The van der Waals surface area contributed by atoms with Gasteiger partial charge < -0.3 is 29.0 Å². The van der Waals surface area contributed by atoms with E-state index < -0.39 is 0 Å². The van der Waals surface area contributed by atoms with Gasteiger partial charge >= 0.3 is 0 Å². The van der Waals surface area contributed by atoms with E-state index in [1.54, 1.807) is 0 Å². The molecule has 0 heterocycles. The molecule has 0 spiro atoms. The van der Waals surface area contributed by atoms with Crippen LogP contribution in [0.3, 0.4) is 0 Å². The number of benzene rings is 2. The molecule has 1 aliphatic carbocycles. The van der Waals surface area contributed by atoms with Crippen LogP contribution in [0.25, 0.3) is 10.4 Å². The van der Waals surface area contributed by atoms with Gasteiger partial charge in [-0.3, -0.25) is 4.79 Å². The Kier molecular flexibility index (Phi) is 13.3. The zero-order valence-electron chi connectivity index (χ0n) is 23.0. The lowest BCUT2D eigenvalue weighted by Crippen LogP contribution is -2.28. The second-order valence-electron chi connectivity index (χ2n) is 9.26. The van der Waals surface area contributed by atoms with Crippen molar-refractivity contribution in [1.82, 2.24) is 5.32 Å². The van der Waals surface area contributed by atoms with Crippen LogP contribution in [-0.2, 0) is 20.7 Å². The van der Waals surface area contributed by atoms with Crippen LogP contribution in [0.15, 0.2) is 41.5 Å². The molecule has 2 aromatic rings. The molecule has 0 saturated carbocycles. The number of fused-ring (bicyclic) bond motifs is 1. The lowest BCUT2D eigenvalue weighted by atomic mass is 9.97. The van der Waals surface area contributed by atoms with E-state index in [-0.39, 0.29) is 11.8 Å². The maximum atomic E-state index is 12.4. The Morgan fingerprint density at radius 3 is 2.64 bits per heavy atom. The zero-order chi connectivity index (χ0) is 27.7. The average Bonchev–Trinajstić information content (AvgIpc) is 3.32. The molecule has 0 radical (unpaired) electrons. The van der Waals surface area contributed by atoms with Gasteiger partial charge in [-0.15, -0.1) is 0 Å². The van der Waals surface area contributed by atoms with Gasteiger partial charge in [-0.05, 0) is 79.1 Å². The van der Waals surface area contributed by atoms with Crippen molar-refractivity contribution >= 4 is 5.91 Å². The van der Waals surface area contributed by atoms with E-state index in [1.807, 2.05) is 38.1 Å². The minimum Gasteiger partial charge on any atom is -0.493 e. The minimum absolute atomic E-state index is 0.0310. The maximum Gasteiger partial charge on any atom is 0.220 e. The van der Waals surface area contributed by atoms with Gasteiger partial charge in [-0.25, -0.2) is 0 Å². The summed E-state index contributed by atoms with van der Waals surface area (Å²) in [5.41, 5.74) is 11.8. The van der Waals surface area contributed by atoms with Crippen LogP contribution in [0.1, 0.15) is 48.8 Å². The van der Waals surface area contributed by atoms with E-state index in [9.17, 15) is 4.79 Å². The Morgan fingerprint density at radius 2 is 1.82 bits per heavy atom. The van der Waals surface area contributed by atoms with E-state index >= 15 is 0 Å². The SMILES string of the molecule is CCOc1cc(C)ccc1OCCCOc1ccc2c(c1)CC[C@H]2CC(=O)NCCOCCOCCN=[N+]=[N-]. The third-order valence-electron chi connectivity index (χ3n) is 6.30. The summed E-state index contributed by atoms with van der Waals surface area (Å²) in [5, 5.41) is 6.32. The van der Waals surface area contributed by atoms with Crippen molar-refractivity contribution in [2.75, 3.05) is 59.3 Å². The molecule has 0 bridgehead atoms. The standard InChI is InChI=1S/C29H40N4O6/c1-3-37-28-19-22(2)5-10-27(28)39-14-4-13-38-25-8-9-26-23(20-25)6-7-24(26)21-29(34)31-11-15-35-17-18-36-16-12-32-33-30/h5,8-10,19-20,24H,3-4,6-7,11-18,21H2,1-2H3,(H,31,34)/t24-/m0/s1. The molecular formula is C29H40N4O6. The molecule has 1 atom stereocenters. The van der Waals surface area contributed by atoms with Gasteiger partial charge in [-0.1, -0.05) is 17.2 Å². The molecule has 1 aliphatic rings. The van der Waals surface area contributed by atoms with E-state index in [0.29, 0.717) is 65.8 Å². The first kappa shape index (κ1) is 30.1. The molecule has 0 saturated heterocycles. The van der Waals surface area contributed by atoms with Gasteiger partial charge in [0, 0.05) is 30.8 Å². The molecule has 212 valence electrons. The number of amides is 1. The average molecular weight is 541 g/mol. The molecule has 0 unspecified atom stereocenters. The molecule has 1 amide bonds. The van der Waals surface area contributed by atoms with Crippen LogP contribution in [0.5, 0.6) is 17.2 Å². The third-order valence-corrected chi connectivity index (χ3v) is 6.30. The quantitative estimate of drug-likeness (QED) is 0.114. The minimum atomic E-state index is 0.0310. The van der Waals surface area contributed by atoms with Crippen LogP contribution in [0.4, 0.5) is 0 Å². The predicted molar refractivity (Wildman–Crippen MR) is 149 cm³/mol. The first-order chi connectivity index (χ1) is 19.1. The number of hydrogen-bond acceptors (Lipinski definition) is 7. The number of nitrogens with one attached hydrogen (secondary N) is 1. The Balaban J connectivity index is 1.30. The monoisotopic (exact) mass is 540 g/mol. The lowest BCUT2D eigenvalue weighted by molar-refractivity contribution is -0.121. The lowest BCUT2D eigenvalue weighted by Gasteiger charge is -2.14. The zero-order valence-corrected chi connectivity index (χ0v) is 23.0. The van der Waals surface area contributed by atoms with Crippen LogP contribution in [0.2, 0.25) is 0 Å². The van der Waals surface area contributed by atoms with Crippen molar-refractivity contribution in [2.24, 2.45) is 5.11 Å². The first-order valence-corrected chi connectivity index (χ1v) is 13.7. The van der Waals surface area contributed by atoms with Crippen LogP contribution < -0.4 is 19.5 Å². The van der Waals surface area contributed by atoms with Crippen molar-refractivity contribution in [3.8, 4) is 17.2 Å². The van der Waals surface area contributed by atoms with Crippen molar-refractivity contribution < 1.29 is 28.5 Å². The summed E-state index contributed by atoms with van der Waals surface area (Å²) in [6, 6.07) is 12.1. The van der Waals surface area contributed by atoms with Gasteiger partial charge in [0.1, 0.15) is 5.75 Å². The summed E-state index contributed by atoms with van der Waals surface area (Å²) in [6.45, 7) is 8.13. The van der Waals surface area contributed by atoms with E-state index in [0.717, 1.165) is 42.1 Å². The third kappa shape index (κ3) is 10.7. The number of hydrogen-bond donors (Lipinski definition) is 1. The summed E-state index contributed by atoms with van der Waals surface area (Å²) in [4.78, 5) is 15.1. The predicted octanol–water partition coefficient (Wildman–Crippen LogP) is 5.12. The summed E-state index contributed by atoms with van der Waals surface area (Å²) < 4.78 is 28.3. The number of ether oxygens (including phenoxy) is 5.